The van der Waals surface area contributed by atoms with Crippen LogP contribution in [0.2, 0.25) is 0 Å². The normalized spacial score (nSPS) is 19.7. The maximum Gasteiger partial charge on any atom is 0.280 e. The summed E-state index contributed by atoms with van der Waals surface area (Å²) >= 11 is 0. The second-order valence-corrected chi connectivity index (χ2v) is 12.7. The first-order chi connectivity index (χ1) is 19.0. The smallest absolute Gasteiger partial charge is 0.280 e. The Balaban J connectivity index is 1.85. The largest absolute Gasteiger partial charge is 0.493 e. The number of sulfonamides is 1. The van der Waals surface area contributed by atoms with Crippen LogP contribution in [0.1, 0.15) is 62.1 Å². The van der Waals surface area contributed by atoms with Gasteiger partial charge in [-0.2, -0.15) is 0 Å². The van der Waals surface area contributed by atoms with Crippen molar-refractivity contribution in [1.29, 1.82) is 0 Å². The van der Waals surface area contributed by atoms with Crippen molar-refractivity contribution in [2.24, 2.45) is 0 Å². The molecule has 2 aliphatic rings. The summed E-state index contributed by atoms with van der Waals surface area (Å²) in [6.45, 7) is 6.24. The molecule has 0 aliphatic carbocycles. The lowest BCUT2D eigenvalue weighted by molar-refractivity contribution is 0.0615. The fourth-order valence-electron chi connectivity index (χ4n) is 5.48. The molecule has 0 saturated carbocycles. The lowest BCUT2D eigenvalue weighted by Gasteiger charge is -2.36. The predicted octanol–water partition coefficient (Wildman–Crippen LogP) is 3.15. The molecule has 1 amide bonds. The van der Waals surface area contributed by atoms with Gasteiger partial charge in [-0.15, -0.1) is 5.10 Å². The molecule has 2 aliphatic heterocycles. The van der Waals surface area contributed by atoms with Crippen LogP contribution in [0.15, 0.2) is 23.0 Å². The molecule has 0 saturated heterocycles. The van der Waals surface area contributed by atoms with E-state index in [0.29, 0.717) is 31.4 Å². The van der Waals surface area contributed by atoms with Gasteiger partial charge in [0.2, 0.25) is 10.0 Å². The number of fused-ring (bicyclic) bond motifs is 7. The van der Waals surface area contributed by atoms with Crippen molar-refractivity contribution >= 4 is 32.7 Å². The number of hydrogen-bond donors (Lipinski definition) is 0. The van der Waals surface area contributed by atoms with E-state index in [1.807, 2.05) is 20.8 Å². The summed E-state index contributed by atoms with van der Waals surface area (Å²) in [6.07, 6.45) is 1.55. The molecule has 0 radical (unpaired) electrons. The zero-order valence-corrected chi connectivity index (χ0v) is 24.1. The number of hydrogen-bond acceptors (Lipinski definition) is 7. The molecule has 11 nitrogen and oxygen atoms in total. The molecule has 4 heterocycles. The number of carbonyl (C=O) groups is 1. The quantitative estimate of drug-likeness (QED) is 0.461. The second-order valence-electron chi connectivity index (χ2n) is 10.6. The Kier molecular flexibility index (Phi) is 7.28. The summed E-state index contributed by atoms with van der Waals surface area (Å²) in [5.41, 5.74) is 0.340. The summed E-state index contributed by atoms with van der Waals surface area (Å²) in [7, 11) is -1.05. The summed E-state index contributed by atoms with van der Waals surface area (Å²) < 4.78 is 56.5. The zero-order valence-electron chi connectivity index (χ0n) is 23.3. The number of methoxy groups -OCH3 is 1. The third-order valence-corrected chi connectivity index (χ3v) is 9.41. The van der Waals surface area contributed by atoms with Gasteiger partial charge in [-0.1, -0.05) is 6.07 Å². The van der Waals surface area contributed by atoms with Crippen molar-refractivity contribution in [3.63, 3.8) is 0 Å². The number of carbonyl (C=O) groups excluding carboxylic acids is 1. The van der Waals surface area contributed by atoms with Crippen LogP contribution in [-0.2, 0) is 16.6 Å². The Hall–Kier alpha value is -3.61. The standard InChI is InChI=1S/C27H34FN5O6S/c1-16(2)31-14-17(3)33-22-21(24(38-5)23(33)27(31)35)26(34)32-15-18-9-10-19(28)13-20(18)39-11-7-6-8-12-40(36,37)30(4)25(22)29-32/h9-10,13,16-17H,6-8,11-12,14-15H2,1-5H3. The van der Waals surface area contributed by atoms with Crippen LogP contribution in [0.25, 0.3) is 10.9 Å². The van der Waals surface area contributed by atoms with Crippen LogP contribution in [0.5, 0.6) is 11.5 Å². The van der Waals surface area contributed by atoms with E-state index >= 15 is 0 Å². The van der Waals surface area contributed by atoms with Crippen molar-refractivity contribution in [2.45, 2.75) is 58.7 Å². The van der Waals surface area contributed by atoms with Crippen LogP contribution in [0.4, 0.5) is 10.2 Å². The van der Waals surface area contributed by atoms with Crippen molar-refractivity contribution in [3.8, 4) is 11.5 Å². The molecular weight excluding hydrogens is 541 g/mol. The highest BCUT2D eigenvalue weighted by Gasteiger charge is 2.40. The lowest BCUT2D eigenvalue weighted by Crippen LogP contribution is -2.45. The van der Waals surface area contributed by atoms with Crippen LogP contribution in [-0.4, -0.2) is 72.7 Å². The molecule has 0 fully saturated rings. The summed E-state index contributed by atoms with van der Waals surface area (Å²) in [4.78, 5) is 29.4. The maximum atomic E-state index is 14.1. The molecule has 2 aromatic heterocycles. The molecular formula is C27H34FN5O6S. The van der Waals surface area contributed by atoms with Crippen LogP contribution in [0, 0.1) is 5.82 Å². The Labute approximate surface area is 232 Å². The summed E-state index contributed by atoms with van der Waals surface area (Å²) in [6, 6.07) is 3.65. The minimum Gasteiger partial charge on any atom is -0.493 e. The van der Waals surface area contributed by atoms with Crippen LogP contribution in [0.3, 0.4) is 0 Å². The van der Waals surface area contributed by atoms with E-state index in [9.17, 15) is 22.4 Å². The average Bonchev–Trinajstić information content (AvgIpc) is 3.26. The van der Waals surface area contributed by atoms with Gasteiger partial charge < -0.3 is 18.9 Å². The molecule has 2 bridgehead atoms. The summed E-state index contributed by atoms with van der Waals surface area (Å²) in [5.74, 6) is -0.569. The van der Waals surface area contributed by atoms with E-state index in [1.54, 1.807) is 9.47 Å². The van der Waals surface area contributed by atoms with Gasteiger partial charge in [0.1, 0.15) is 22.5 Å². The number of aromatic nitrogens is 3. The minimum absolute atomic E-state index is 0.0124. The molecule has 0 spiro atoms. The number of benzene rings is 1. The van der Waals surface area contributed by atoms with E-state index in [-0.39, 0.29) is 70.8 Å². The molecule has 5 rings (SSSR count). The van der Waals surface area contributed by atoms with Crippen molar-refractivity contribution in [3.05, 3.63) is 45.6 Å². The highest BCUT2D eigenvalue weighted by molar-refractivity contribution is 7.92. The first kappa shape index (κ1) is 27.9. The topological polar surface area (TPSA) is 116 Å². The number of rotatable bonds is 2. The monoisotopic (exact) mass is 575 g/mol. The number of amides is 1. The number of nitrogens with zero attached hydrogens (tertiary/aromatic N) is 5. The van der Waals surface area contributed by atoms with Gasteiger partial charge in [0, 0.05) is 37.3 Å². The van der Waals surface area contributed by atoms with Gasteiger partial charge in [-0.05, 0) is 46.1 Å². The minimum atomic E-state index is -3.84. The molecule has 1 atom stereocenters. The predicted molar refractivity (Wildman–Crippen MR) is 148 cm³/mol. The van der Waals surface area contributed by atoms with Gasteiger partial charge in [-0.3, -0.25) is 13.9 Å². The molecule has 1 aromatic carbocycles. The fourth-order valence-corrected chi connectivity index (χ4v) is 6.71. The highest BCUT2D eigenvalue weighted by atomic mass is 32.2. The molecule has 3 aromatic rings. The van der Waals surface area contributed by atoms with Crippen molar-refractivity contribution < 1.29 is 27.1 Å². The van der Waals surface area contributed by atoms with Crippen molar-refractivity contribution in [2.75, 3.05) is 37.4 Å². The van der Waals surface area contributed by atoms with E-state index in [0.717, 1.165) is 8.99 Å². The fraction of sp³-hybridized carbons (Fsp3) is 0.519. The molecule has 0 N–H and O–H groups in total. The second kappa shape index (κ2) is 10.4. The first-order valence-corrected chi connectivity index (χ1v) is 15.0. The van der Waals surface area contributed by atoms with Gasteiger partial charge in [0.15, 0.2) is 17.3 Å². The maximum absolute atomic E-state index is 14.1. The van der Waals surface area contributed by atoms with E-state index < -0.39 is 21.4 Å². The van der Waals surface area contributed by atoms with Crippen molar-refractivity contribution in [1.82, 2.24) is 19.2 Å². The Morgan fingerprint density at radius 3 is 2.62 bits per heavy atom. The van der Waals surface area contributed by atoms with E-state index in [4.69, 9.17) is 9.47 Å². The number of anilines is 1. The molecule has 13 heteroatoms. The molecule has 216 valence electrons. The summed E-state index contributed by atoms with van der Waals surface area (Å²) in [5, 5.41) is 4.62. The zero-order chi connectivity index (χ0) is 28.9. The number of ether oxygens (including phenoxy) is 2. The third-order valence-electron chi connectivity index (χ3n) is 7.60. The molecule has 1 unspecified atom stereocenters. The first-order valence-electron chi connectivity index (χ1n) is 13.4. The van der Waals surface area contributed by atoms with Gasteiger partial charge in [0.25, 0.3) is 11.5 Å². The lowest BCUT2D eigenvalue weighted by atomic mass is 10.1. The van der Waals surface area contributed by atoms with E-state index in [2.05, 4.69) is 5.10 Å². The Bertz CT molecular complexity index is 1650. The average molecular weight is 576 g/mol. The third kappa shape index (κ3) is 4.59. The van der Waals surface area contributed by atoms with E-state index in [1.165, 1.54) is 32.4 Å². The Morgan fingerprint density at radius 2 is 1.93 bits per heavy atom. The SMILES string of the molecule is COc1c2n(c3c4nn(c(=O)c13)Cc1ccc(F)cc1OCCCCCS(=O)(=O)N4C)C(C)CN(C(C)C)C2=O. The van der Waals surface area contributed by atoms with Gasteiger partial charge in [-0.25, -0.2) is 17.5 Å². The van der Waals surface area contributed by atoms with Gasteiger partial charge in [0.05, 0.1) is 26.0 Å². The number of halogens is 1. The molecule has 40 heavy (non-hydrogen) atoms. The highest BCUT2D eigenvalue weighted by Crippen LogP contribution is 2.41. The van der Waals surface area contributed by atoms with Crippen LogP contribution < -0.4 is 19.3 Å². The van der Waals surface area contributed by atoms with Gasteiger partial charge >= 0.3 is 0 Å². The Morgan fingerprint density at radius 1 is 1.18 bits per heavy atom. The van der Waals surface area contributed by atoms with Crippen LogP contribution >= 0.6 is 0 Å².